The first-order valence-electron chi connectivity index (χ1n) is 5.07. The van der Waals surface area contributed by atoms with Crippen molar-refractivity contribution in [1.29, 1.82) is 0 Å². The molecule has 1 aromatic rings. The van der Waals surface area contributed by atoms with E-state index in [9.17, 15) is 13.6 Å². The van der Waals surface area contributed by atoms with Crippen LogP contribution in [0.5, 0.6) is 0 Å². The van der Waals surface area contributed by atoms with Crippen LogP contribution in [0.1, 0.15) is 17.9 Å². The lowest BCUT2D eigenvalue weighted by molar-refractivity contribution is -0.119. The molecular formula is C11H11F2N3O. The monoisotopic (exact) mass is 239 g/mol. The minimum atomic E-state index is -0.653. The number of nitrogens with zero attached hydrogens (tertiary/aromatic N) is 1. The number of halogens is 2. The van der Waals surface area contributed by atoms with E-state index in [2.05, 4.69) is 4.99 Å². The highest BCUT2D eigenvalue weighted by Crippen LogP contribution is 2.48. The number of carbonyl (C=O) groups is 1. The SMILES string of the molecule is NC(N)=NC(=O)C1CC1c1cc(F)cc(F)c1. The quantitative estimate of drug-likeness (QED) is 0.593. The Labute approximate surface area is 96.3 Å². The molecule has 1 aromatic carbocycles. The molecule has 4 nitrogen and oxygen atoms in total. The van der Waals surface area contributed by atoms with Gasteiger partial charge in [0.25, 0.3) is 5.91 Å². The van der Waals surface area contributed by atoms with Crippen molar-refractivity contribution >= 4 is 11.9 Å². The molecule has 2 atom stereocenters. The summed E-state index contributed by atoms with van der Waals surface area (Å²) in [5.74, 6) is -2.63. The molecule has 1 aliphatic carbocycles. The number of guanidine groups is 1. The molecule has 90 valence electrons. The van der Waals surface area contributed by atoms with Crippen molar-refractivity contribution < 1.29 is 13.6 Å². The summed E-state index contributed by atoms with van der Waals surface area (Å²) in [5, 5.41) is 0. The summed E-state index contributed by atoms with van der Waals surface area (Å²) in [4.78, 5) is 14.8. The van der Waals surface area contributed by atoms with Gasteiger partial charge in [0, 0.05) is 12.0 Å². The highest BCUT2D eigenvalue weighted by molar-refractivity contribution is 5.94. The Morgan fingerprint density at radius 3 is 2.35 bits per heavy atom. The van der Waals surface area contributed by atoms with E-state index in [0.717, 1.165) is 6.07 Å². The number of aliphatic imine (C=N–C) groups is 1. The first-order chi connectivity index (χ1) is 7.97. The predicted molar refractivity (Wildman–Crippen MR) is 58.0 cm³/mol. The second kappa shape index (κ2) is 4.12. The van der Waals surface area contributed by atoms with Crippen molar-refractivity contribution in [2.24, 2.45) is 22.4 Å². The predicted octanol–water partition coefficient (Wildman–Crippen LogP) is 0.868. The molecule has 4 N–H and O–H groups in total. The van der Waals surface area contributed by atoms with Gasteiger partial charge in [-0.3, -0.25) is 4.79 Å². The fourth-order valence-electron chi connectivity index (χ4n) is 1.84. The van der Waals surface area contributed by atoms with Crippen LogP contribution in [0.25, 0.3) is 0 Å². The van der Waals surface area contributed by atoms with Crippen molar-refractivity contribution in [3.8, 4) is 0 Å². The van der Waals surface area contributed by atoms with Crippen molar-refractivity contribution in [3.05, 3.63) is 35.4 Å². The van der Waals surface area contributed by atoms with Crippen LogP contribution in [0, 0.1) is 17.6 Å². The van der Waals surface area contributed by atoms with E-state index in [1.807, 2.05) is 0 Å². The Bertz CT molecular complexity index is 477. The van der Waals surface area contributed by atoms with E-state index in [4.69, 9.17) is 11.5 Å². The van der Waals surface area contributed by atoms with E-state index in [1.165, 1.54) is 12.1 Å². The summed E-state index contributed by atoms with van der Waals surface area (Å²) in [5.41, 5.74) is 10.6. The zero-order chi connectivity index (χ0) is 12.6. The molecule has 1 aliphatic rings. The fraction of sp³-hybridized carbons (Fsp3) is 0.273. The number of nitrogens with two attached hydrogens (primary N) is 2. The second-order valence-corrected chi connectivity index (χ2v) is 4.03. The number of hydrogen-bond acceptors (Lipinski definition) is 1. The van der Waals surface area contributed by atoms with E-state index in [-0.39, 0.29) is 17.8 Å². The maximum atomic E-state index is 13.0. The number of amides is 1. The molecular weight excluding hydrogens is 228 g/mol. The van der Waals surface area contributed by atoms with Gasteiger partial charge in [-0.25, -0.2) is 8.78 Å². The van der Waals surface area contributed by atoms with Crippen LogP contribution in [0.3, 0.4) is 0 Å². The number of benzene rings is 1. The number of rotatable bonds is 2. The lowest BCUT2D eigenvalue weighted by Gasteiger charge is -2.00. The second-order valence-electron chi connectivity index (χ2n) is 4.03. The molecule has 17 heavy (non-hydrogen) atoms. The summed E-state index contributed by atoms with van der Waals surface area (Å²) in [6.07, 6.45) is 0.512. The molecule has 1 amide bonds. The molecule has 0 heterocycles. The van der Waals surface area contributed by atoms with Crippen LogP contribution in [-0.2, 0) is 4.79 Å². The topological polar surface area (TPSA) is 81.5 Å². The number of carbonyl (C=O) groups excluding carboxylic acids is 1. The molecule has 0 aromatic heterocycles. The van der Waals surface area contributed by atoms with Crippen molar-refractivity contribution in [1.82, 2.24) is 0 Å². The molecule has 1 fully saturated rings. The van der Waals surface area contributed by atoms with Crippen molar-refractivity contribution in [2.75, 3.05) is 0 Å². The normalized spacial score (nSPS) is 22.0. The third-order valence-electron chi connectivity index (χ3n) is 2.66. The van der Waals surface area contributed by atoms with Gasteiger partial charge >= 0.3 is 0 Å². The van der Waals surface area contributed by atoms with Gasteiger partial charge in [-0.15, -0.1) is 0 Å². The zero-order valence-corrected chi connectivity index (χ0v) is 8.86. The molecule has 0 bridgehead atoms. The van der Waals surface area contributed by atoms with Gasteiger partial charge in [-0.05, 0) is 30.0 Å². The Morgan fingerprint density at radius 2 is 1.82 bits per heavy atom. The van der Waals surface area contributed by atoms with Gasteiger partial charge in [0.2, 0.25) is 0 Å². The smallest absolute Gasteiger partial charge is 0.252 e. The minimum absolute atomic E-state index is 0.198. The summed E-state index contributed by atoms with van der Waals surface area (Å²) in [7, 11) is 0. The highest BCUT2D eigenvalue weighted by atomic mass is 19.1. The van der Waals surface area contributed by atoms with Gasteiger partial charge in [0.1, 0.15) is 11.6 Å². The Balaban J connectivity index is 2.13. The minimum Gasteiger partial charge on any atom is -0.370 e. The average Bonchev–Trinajstić information content (AvgIpc) is 2.93. The standard InChI is InChI=1S/C11H11F2N3O/c12-6-1-5(2-7(13)3-6)8-4-9(8)10(17)16-11(14)15/h1-3,8-9H,4H2,(H4,14,15,16,17). The van der Waals surface area contributed by atoms with Crippen LogP contribution < -0.4 is 11.5 Å². The number of hydrogen-bond donors (Lipinski definition) is 2. The Morgan fingerprint density at radius 1 is 1.24 bits per heavy atom. The lowest BCUT2D eigenvalue weighted by atomic mass is 10.1. The Hall–Kier alpha value is -1.98. The van der Waals surface area contributed by atoms with Gasteiger partial charge in [0.05, 0.1) is 0 Å². The molecule has 0 radical (unpaired) electrons. The third-order valence-corrected chi connectivity index (χ3v) is 2.66. The molecule has 2 rings (SSSR count). The van der Waals surface area contributed by atoms with Gasteiger partial charge in [-0.2, -0.15) is 4.99 Å². The lowest BCUT2D eigenvalue weighted by Crippen LogP contribution is -2.24. The summed E-state index contributed by atoms with van der Waals surface area (Å²) in [6.45, 7) is 0. The van der Waals surface area contributed by atoms with Crippen LogP contribution in [0.4, 0.5) is 8.78 Å². The van der Waals surface area contributed by atoms with Crippen molar-refractivity contribution in [3.63, 3.8) is 0 Å². The largest absolute Gasteiger partial charge is 0.370 e. The van der Waals surface area contributed by atoms with E-state index in [1.54, 1.807) is 0 Å². The zero-order valence-electron chi connectivity index (χ0n) is 8.86. The first-order valence-corrected chi connectivity index (χ1v) is 5.07. The summed E-state index contributed by atoms with van der Waals surface area (Å²) < 4.78 is 25.9. The van der Waals surface area contributed by atoms with Crippen molar-refractivity contribution in [2.45, 2.75) is 12.3 Å². The van der Waals surface area contributed by atoms with Crippen LogP contribution in [0.15, 0.2) is 23.2 Å². The highest BCUT2D eigenvalue weighted by Gasteiger charge is 2.44. The fourth-order valence-corrected chi connectivity index (χ4v) is 1.84. The van der Waals surface area contributed by atoms with Gasteiger partial charge in [-0.1, -0.05) is 0 Å². The van der Waals surface area contributed by atoms with Crippen LogP contribution in [0.2, 0.25) is 0 Å². The maximum Gasteiger partial charge on any atom is 0.252 e. The molecule has 6 heteroatoms. The maximum absolute atomic E-state index is 13.0. The van der Waals surface area contributed by atoms with E-state index in [0.29, 0.717) is 12.0 Å². The van der Waals surface area contributed by atoms with Crippen LogP contribution >= 0.6 is 0 Å². The molecule has 1 saturated carbocycles. The molecule has 2 unspecified atom stereocenters. The molecule has 0 saturated heterocycles. The van der Waals surface area contributed by atoms with Crippen LogP contribution in [-0.4, -0.2) is 11.9 Å². The first kappa shape index (κ1) is 11.5. The summed E-state index contributed by atoms with van der Waals surface area (Å²) in [6, 6.07) is 3.23. The van der Waals surface area contributed by atoms with E-state index >= 15 is 0 Å². The van der Waals surface area contributed by atoms with Gasteiger partial charge in [0.15, 0.2) is 5.96 Å². The molecule has 0 aliphatic heterocycles. The molecule has 0 spiro atoms. The summed E-state index contributed by atoms with van der Waals surface area (Å²) >= 11 is 0. The van der Waals surface area contributed by atoms with Gasteiger partial charge < -0.3 is 11.5 Å². The van der Waals surface area contributed by atoms with E-state index < -0.39 is 17.5 Å². The third kappa shape index (κ3) is 2.58. The average molecular weight is 239 g/mol. The Kier molecular flexibility index (Phi) is 2.79.